The van der Waals surface area contributed by atoms with E-state index in [-0.39, 0.29) is 17.5 Å². The largest absolute Gasteiger partial charge is 0.325 e. The summed E-state index contributed by atoms with van der Waals surface area (Å²) in [5.41, 5.74) is 3.00. The first-order valence-corrected chi connectivity index (χ1v) is 8.71. The predicted octanol–water partition coefficient (Wildman–Crippen LogP) is 4.23. The van der Waals surface area contributed by atoms with Crippen molar-refractivity contribution in [3.8, 4) is 0 Å². The molecule has 0 radical (unpaired) electrons. The first kappa shape index (κ1) is 16.5. The highest BCUT2D eigenvalue weighted by Crippen LogP contribution is 2.24. The van der Waals surface area contributed by atoms with Crippen molar-refractivity contribution in [2.24, 2.45) is 0 Å². The zero-order valence-electron chi connectivity index (χ0n) is 13.5. The summed E-state index contributed by atoms with van der Waals surface area (Å²) in [6.45, 7) is 4.52. The number of imidazole rings is 1. The van der Waals surface area contributed by atoms with Crippen molar-refractivity contribution in [3.05, 3.63) is 53.8 Å². The molecule has 1 amide bonds. The maximum Gasteiger partial charge on any atom is 0.234 e. The number of hydrogen-bond donors (Lipinski definition) is 1. The summed E-state index contributed by atoms with van der Waals surface area (Å²) in [4.78, 5) is 16.7. The van der Waals surface area contributed by atoms with Crippen LogP contribution >= 0.6 is 11.8 Å². The van der Waals surface area contributed by atoms with Crippen LogP contribution in [0.2, 0.25) is 0 Å². The lowest BCUT2D eigenvalue weighted by molar-refractivity contribution is -0.113. The number of halogens is 1. The number of anilines is 1. The summed E-state index contributed by atoms with van der Waals surface area (Å²) in [7, 11) is 0. The average Bonchev–Trinajstić information content (AvgIpc) is 2.94. The van der Waals surface area contributed by atoms with Gasteiger partial charge in [0.1, 0.15) is 5.82 Å². The lowest BCUT2D eigenvalue weighted by Crippen LogP contribution is -2.14. The van der Waals surface area contributed by atoms with E-state index in [1.54, 1.807) is 19.1 Å². The van der Waals surface area contributed by atoms with Crippen LogP contribution in [0, 0.1) is 12.7 Å². The third-order valence-corrected chi connectivity index (χ3v) is 4.70. The fourth-order valence-corrected chi connectivity index (χ4v) is 3.35. The van der Waals surface area contributed by atoms with Gasteiger partial charge in [0.15, 0.2) is 5.16 Å². The lowest BCUT2D eigenvalue weighted by Gasteiger charge is -2.07. The van der Waals surface area contributed by atoms with Crippen LogP contribution in [0.1, 0.15) is 12.5 Å². The third kappa shape index (κ3) is 3.43. The summed E-state index contributed by atoms with van der Waals surface area (Å²) in [6.07, 6.45) is 0. The fourth-order valence-electron chi connectivity index (χ4n) is 2.47. The Balaban J connectivity index is 1.69. The van der Waals surface area contributed by atoms with Crippen molar-refractivity contribution in [2.75, 3.05) is 11.1 Å². The van der Waals surface area contributed by atoms with Gasteiger partial charge >= 0.3 is 0 Å². The lowest BCUT2D eigenvalue weighted by atomic mass is 10.2. The van der Waals surface area contributed by atoms with E-state index in [4.69, 9.17) is 0 Å². The Hall–Kier alpha value is -2.34. The Morgan fingerprint density at radius 1 is 1.29 bits per heavy atom. The molecule has 0 unspecified atom stereocenters. The number of carbonyl (C=O) groups excluding carboxylic acids is 1. The van der Waals surface area contributed by atoms with Gasteiger partial charge in [0, 0.05) is 12.2 Å². The number of thioether (sulfide) groups is 1. The molecule has 1 heterocycles. The molecule has 1 N–H and O–H groups in total. The number of carbonyl (C=O) groups is 1. The van der Waals surface area contributed by atoms with E-state index < -0.39 is 0 Å². The van der Waals surface area contributed by atoms with E-state index in [1.165, 1.54) is 17.8 Å². The SMILES string of the molecule is CCn1c(SCC(=O)Nc2ccc(C)c(F)c2)nc2ccccc21. The quantitative estimate of drug-likeness (QED) is 0.705. The summed E-state index contributed by atoms with van der Waals surface area (Å²) in [5.74, 6) is -0.287. The smallest absolute Gasteiger partial charge is 0.234 e. The molecule has 1 aromatic heterocycles. The molecule has 0 saturated heterocycles. The number of nitrogens with zero attached hydrogens (tertiary/aromatic N) is 2. The monoisotopic (exact) mass is 343 g/mol. The molecule has 124 valence electrons. The maximum absolute atomic E-state index is 13.5. The zero-order chi connectivity index (χ0) is 17.1. The summed E-state index contributed by atoms with van der Waals surface area (Å²) < 4.78 is 15.6. The minimum absolute atomic E-state index is 0.182. The van der Waals surface area contributed by atoms with Gasteiger partial charge in [-0.1, -0.05) is 30.0 Å². The Kier molecular flexibility index (Phi) is 4.85. The van der Waals surface area contributed by atoms with Crippen molar-refractivity contribution in [1.29, 1.82) is 0 Å². The number of benzene rings is 2. The van der Waals surface area contributed by atoms with Crippen molar-refractivity contribution in [3.63, 3.8) is 0 Å². The molecule has 0 aliphatic carbocycles. The zero-order valence-corrected chi connectivity index (χ0v) is 14.4. The highest BCUT2D eigenvalue weighted by molar-refractivity contribution is 7.99. The first-order valence-electron chi connectivity index (χ1n) is 7.72. The van der Waals surface area contributed by atoms with Crippen molar-refractivity contribution in [1.82, 2.24) is 9.55 Å². The number of fused-ring (bicyclic) bond motifs is 1. The van der Waals surface area contributed by atoms with E-state index >= 15 is 0 Å². The number of para-hydroxylation sites is 2. The first-order chi connectivity index (χ1) is 11.6. The van der Waals surface area contributed by atoms with Gasteiger partial charge in [-0.2, -0.15) is 0 Å². The van der Waals surface area contributed by atoms with Gasteiger partial charge in [-0.15, -0.1) is 0 Å². The van der Waals surface area contributed by atoms with E-state index in [0.717, 1.165) is 22.7 Å². The Bertz CT molecular complexity index is 891. The highest BCUT2D eigenvalue weighted by atomic mass is 32.2. The number of aryl methyl sites for hydroxylation is 2. The minimum Gasteiger partial charge on any atom is -0.325 e. The molecule has 2 aromatic carbocycles. The molecule has 0 bridgehead atoms. The van der Waals surface area contributed by atoms with Crippen LogP contribution in [0.3, 0.4) is 0 Å². The Morgan fingerprint density at radius 2 is 2.08 bits per heavy atom. The molecule has 3 aromatic rings. The number of hydrogen-bond acceptors (Lipinski definition) is 3. The van der Waals surface area contributed by atoms with Crippen molar-refractivity contribution >= 4 is 34.4 Å². The Labute approximate surface area is 144 Å². The molecule has 0 atom stereocenters. The van der Waals surface area contributed by atoms with Gasteiger partial charge in [0.05, 0.1) is 16.8 Å². The summed E-state index contributed by atoms with van der Waals surface area (Å²) in [6, 6.07) is 12.6. The summed E-state index contributed by atoms with van der Waals surface area (Å²) in [5, 5.41) is 3.52. The molecule has 0 spiro atoms. The molecule has 24 heavy (non-hydrogen) atoms. The van der Waals surface area contributed by atoms with Crippen LogP contribution in [0.4, 0.5) is 10.1 Å². The van der Waals surface area contributed by atoms with Gasteiger partial charge < -0.3 is 9.88 Å². The second kappa shape index (κ2) is 7.05. The van der Waals surface area contributed by atoms with Gasteiger partial charge in [0.2, 0.25) is 5.91 Å². The van der Waals surface area contributed by atoms with Crippen LogP contribution in [0.15, 0.2) is 47.6 Å². The molecule has 3 rings (SSSR count). The number of amides is 1. The predicted molar refractivity (Wildman–Crippen MR) is 95.9 cm³/mol. The number of rotatable bonds is 5. The molecule has 6 heteroatoms. The van der Waals surface area contributed by atoms with Gasteiger partial charge in [-0.05, 0) is 43.7 Å². The van der Waals surface area contributed by atoms with Gasteiger partial charge in [-0.25, -0.2) is 9.37 Å². The van der Waals surface area contributed by atoms with Gasteiger partial charge in [-0.3, -0.25) is 4.79 Å². The standard InChI is InChI=1S/C18H18FN3OS/c1-3-22-16-7-5-4-6-15(16)21-18(22)24-11-17(23)20-13-9-8-12(2)14(19)10-13/h4-10H,3,11H2,1-2H3,(H,20,23). The summed E-state index contributed by atoms with van der Waals surface area (Å²) >= 11 is 1.38. The Morgan fingerprint density at radius 3 is 2.83 bits per heavy atom. The molecule has 0 saturated carbocycles. The van der Waals surface area contributed by atoms with Crippen LogP contribution in [-0.2, 0) is 11.3 Å². The van der Waals surface area contributed by atoms with Crippen LogP contribution in [-0.4, -0.2) is 21.2 Å². The van der Waals surface area contributed by atoms with Crippen molar-refractivity contribution < 1.29 is 9.18 Å². The van der Waals surface area contributed by atoms with Crippen LogP contribution in [0.25, 0.3) is 11.0 Å². The van der Waals surface area contributed by atoms with Crippen molar-refractivity contribution in [2.45, 2.75) is 25.5 Å². The van der Waals surface area contributed by atoms with E-state index in [9.17, 15) is 9.18 Å². The molecule has 0 aliphatic heterocycles. The minimum atomic E-state index is -0.326. The average molecular weight is 343 g/mol. The molecule has 0 aliphatic rings. The normalized spacial score (nSPS) is 11.0. The molecule has 0 fully saturated rings. The topological polar surface area (TPSA) is 46.9 Å². The van der Waals surface area contributed by atoms with Crippen LogP contribution in [0.5, 0.6) is 0 Å². The second-order valence-corrected chi connectivity index (χ2v) is 6.37. The highest BCUT2D eigenvalue weighted by Gasteiger charge is 2.12. The van der Waals surface area contributed by atoms with E-state index in [1.807, 2.05) is 31.2 Å². The molecular weight excluding hydrogens is 325 g/mol. The van der Waals surface area contributed by atoms with Crippen LogP contribution < -0.4 is 5.32 Å². The number of nitrogens with one attached hydrogen (secondary N) is 1. The fraction of sp³-hybridized carbons (Fsp3) is 0.222. The third-order valence-electron chi connectivity index (χ3n) is 3.72. The molecule has 4 nitrogen and oxygen atoms in total. The number of aromatic nitrogens is 2. The van der Waals surface area contributed by atoms with E-state index in [2.05, 4.69) is 14.9 Å². The molecular formula is C18H18FN3OS. The maximum atomic E-state index is 13.5. The second-order valence-electron chi connectivity index (χ2n) is 5.43. The van der Waals surface area contributed by atoms with Gasteiger partial charge in [0.25, 0.3) is 0 Å². The van der Waals surface area contributed by atoms with E-state index in [0.29, 0.717) is 11.3 Å².